The molecule has 2 saturated heterocycles. The molecule has 0 bridgehead atoms. The number of rotatable bonds is 4. The summed E-state index contributed by atoms with van der Waals surface area (Å²) in [5.41, 5.74) is 3.09. The smallest absolute Gasteiger partial charge is 0.266 e. The molecule has 2 aromatic heterocycles. The Morgan fingerprint density at radius 1 is 1.03 bits per heavy atom. The minimum atomic E-state index is -0.0204. The lowest BCUT2D eigenvalue weighted by molar-refractivity contribution is 0.0377. The third-order valence-electron chi connectivity index (χ3n) is 6.24. The second kappa shape index (κ2) is 9.07. The molecule has 2 amide bonds. The van der Waals surface area contributed by atoms with E-state index in [4.69, 9.17) is 0 Å². The first-order valence-corrected chi connectivity index (χ1v) is 11.5. The number of carbonyl (C=O) groups is 2. The lowest BCUT2D eigenvalue weighted by atomic mass is 9.83. The van der Waals surface area contributed by atoms with Crippen LogP contribution in [0.4, 0.5) is 5.95 Å². The molecule has 9 heteroatoms. The first-order valence-electron chi connectivity index (χ1n) is 10.6. The minimum absolute atomic E-state index is 0.0204. The molecule has 2 aromatic rings. The van der Waals surface area contributed by atoms with Crippen molar-refractivity contribution in [2.75, 3.05) is 32.0 Å². The topological polar surface area (TPSA) is 91.3 Å². The number of thiazole rings is 1. The van der Waals surface area contributed by atoms with Gasteiger partial charge in [0.05, 0.1) is 16.8 Å². The number of carbonyl (C=O) groups excluding carboxylic acids is 2. The maximum Gasteiger partial charge on any atom is 0.266 e. The van der Waals surface area contributed by atoms with Crippen LogP contribution in [0.1, 0.15) is 57.8 Å². The van der Waals surface area contributed by atoms with Gasteiger partial charge in [-0.1, -0.05) is 0 Å². The quantitative estimate of drug-likeness (QED) is 0.805. The van der Waals surface area contributed by atoms with E-state index in [9.17, 15) is 9.59 Å². The third-order valence-corrected chi connectivity index (χ3v) is 7.16. The van der Waals surface area contributed by atoms with E-state index >= 15 is 0 Å². The second-order valence-corrected chi connectivity index (χ2v) is 8.86. The average Bonchev–Trinajstić information content (AvgIpc) is 3.24. The number of amides is 2. The fourth-order valence-corrected chi connectivity index (χ4v) is 5.33. The maximum absolute atomic E-state index is 13.2. The molecule has 0 saturated carbocycles. The molecule has 160 valence electrons. The van der Waals surface area contributed by atoms with Gasteiger partial charge in [-0.2, -0.15) is 0 Å². The summed E-state index contributed by atoms with van der Waals surface area (Å²) in [5, 5.41) is 2.86. The van der Waals surface area contributed by atoms with E-state index in [1.54, 1.807) is 25.0 Å². The Kier molecular flexibility index (Phi) is 6.26. The molecule has 4 heterocycles. The summed E-state index contributed by atoms with van der Waals surface area (Å²) in [6.07, 6.45) is 8.24. The Labute approximate surface area is 180 Å². The lowest BCUT2D eigenvalue weighted by Crippen LogP contribution is -2.51. The standard InChI is InChI=1S/C21H28N6O2S/c1-14-18(30-13-25-14)20(29)27-8-4-3-5-17(27)15-6-9-26(10-7-15)19(28)16-11-23-21(22-2)24-12-16/h11-13,15,17H,3-10H2,1-2H3,(H,22,23,24)/t17-/m1/s1. The zero-order valence-corrected chi connectivity index (χ0v) is 18.3. The summed E-state index contributed by atoms with van der Waals surface area (Å²) in [7, 11) is 1.75. The van der Waals surface area contributed by atoms with Crippen LogP contribution in [-0.4, -0.2) is 69.3 Å². The molecule has 8 nitrogen and oxygen atoms in total. The summed E-state index contributed by atoms with van der Waals surface area (Å²) < 4.78 is 0. The van der Waals surface area contributed by atoms with Gasteiger partial charge in [-0.3, -0.25) is 9.59 Å². The van der Waals surface area contributed by atoms with Crippen molar-refractivity contribution < 1.29 is 9.59 Å². The molecule has 0 spiro atoms. The van der Waals surface area contributed by atoms with Crippen LogP contribution in [0.5, 0.6) is 0 Å². The van der Waals surface area contributed by atoms with Crippen molar-refractivity contribution >= 4 is 29.1 Å². The zero-order chi connectivity index (χ0) is 21.1. The average molecular weight is 429 g/mol. The van der Waals surface area contributed by atoms with Crippen LogP contribution in [-0.2, 0) is 0 Å². The number of anilines is 1. The Hall–Kier alpha value is -2.55. The van der Waals surface area contributed by atoms with Crippen LogP contribution in [0.15, 0.2) is 17.9 Å². The van der Waals surface area contributed by atoms with Gasteiger partial charge in [-0.15, -0.1) is 11.3 Å². The molecule has 1 N–H and O–H groups in total. The molecule has 0 unspecified atom stereocenters. The van der Waals surface area contributed by atoms with E-state index in [2.05, 4.69) is 25.2 Å². The van der Waals surface area contributed by atoms with Gasteiger partial charge in [0.25, 0.3) is 11.8 Å². The highest BCUT2D eigenvalue weighted by Crippen LogP contribution is 2.32. The second-order valence-electron chi connectivity index (χ2n) is 8.00. The number of hydrogen-bond donors (Lipinski definition) is 1. The lowest BCUT2D eigenvalue weighted by Gasteiger charge is -2.43. The van der Waals surface area contributed by atoms with Crippen molar-refractivity contribution in [3.63, 3.8) is 0 Å². The third kappa shape index (κ3) is 4.16. The van der Waals surface area contributed by atoms with Crippen molar-refractivity contribution in [3.05, 3.63) is 34.0 Å². The van der Waals surface area contributed by atoms with Gasteiger partial charge in [-0.25, -0.2) is 15.0 Å². The molecule has 4 rings (SSSR count). The van der Waals surface area contributed by atoms with Crippen molar-refractivity contribution in [2.45, 2.75) is 45.1 Å². The number of likely N-dealkylation sites (tertiary alicyclic amines) is 2. The Balaban J connectivity index is 1.40. The van der Waals surface area contributed by atoms with Crippen LogP contribution in [0, 0.1) is 12.8 Å². The van der Waals surface area contributed by atoms with Crippen LogP contribution in [0.2, 0.25) is 0 Å². The number of piperidine rings is 2. The van der Waals surface area contributed by atoms with Crippen molar-refractivity contribution in [1.29, 1.82) is 0 Å². The molecule has 30 heavy (non-hydrogen) atoms. The van der Waals surface area contributed by atoms with Crippen LogP contribution in [0.25, 0.3) is 0 Å². The number of hydrogen-bond acceptors (Lipinski definition) is 7. The number of aromatic nitrogens is 3. The van der Waals surface area contributed by atoms with Crippen molar-refractivity contribution in [1.82, 2.24) is 24.8 Å². The summed E-state index contributed by atoms with van der Waals surface area (Å²) in [6.45, 7) is 4.12. The van der Waals surface area contributed by atoms with Crippen LogP contribution < -0.4 is 5.32 Å². The van der Waals surface area contributed by atoms with Crippen molar-refractivity contribution in [3.8, 4) is 0 Å². The molecule has 1 atom stereocenters. The molecule has 0 radical (unpaired) electrons. The minimum Gasteiger partial charge on any atom is -0.357 e. The van der Waals surface area contributed by atoms with E-state index < -0.39 is 0 Å². The van der Waals surface area contributed by atoms with Gasteiger partial charge in [-0.05, 0) is 44.9 Å². The predicted molar refractivity (Wildman–Crippen MR) is 116 cm³/mol. The van der Waals surface area contributed by atoms with Crippen LogP contribution in [0.3, 0.4) is 0 Å². The number of nitrogens with one attached hydrogen (secondary N) is 1. The zero-order valence-electron chi connectivity index (χ0n) is 17.5. The van der Waals surface area contributed by atoms with Gasteiger partial charge in [0, 0.05) is 45.1 Å². The van der Waals surface area contributed by atoms with E-state index in [0.717, 1.165) is 49.2 Å². The molecule has 0 aromatic carbocycles. The normalized spacial score (nSPS) is 20.3. The SMILES string of the molecule is CNc1ncc(C(=O)N2CCC([C@H]3CCCCN3C(=O)c3scnc3C)CC2)cn1. The van der Waals surface area contributed by atoms with Gasteiger partial charge in [0.2, 0.25) is 5.95 Å². The molecular formula is C21H28N6O2S. The largest absolute Gasteiger partial charge is 0.357 e. The van der Waals surface area contributed by atoms with Crippen LogP contribution >= 0.6 is 11.3 Å². The predicted octanol–water partition coefficient (Wildman–Crippen LogP) is 2.83. The number of nitrogens with zero attached hydrogens (tertiary/aromatic N) is 5. The number of aryl methyl sites for hydroxylation is 1. The Morgan fingerprint density at radius 3 is 2.40 bits per heavy atom. The molecule has 0 aliphatic carbocycles. The fraction of sp³-hybridized carbons (Fsp3) is 0.571. The van der Waals surface area contributed by atoms with E-state index in [-0.39, 0.29) is 17.9 Å². The van der Waals surface area contributed by atoms with E-state index in [0.29, 0.717) is 30.5 Å². The van der Waals surface area contributed by atoms with Gasteiger partial charge in [0.15, 0.2) is 0 Å². The summed E-state index contributed by atoms with van der Waals surface area (Å²) in [5.74, 6) is 1.03. The Morgan fingerprint density at radius 2 is 1.77 bits per heavy atom. The molecule has 2 aliphatic rings. The summed E-state index contributed by atoms with van der Waals surface area (Å²) in [4.78, 5) is 43.2. The highest BCUT2D eigenvalue weighted by molar-refractivity contribution is 7.11. The summed E-state index contributed by atoms with van der Waals surface area (Å²) >= 11 is 1.43. The maximum atomic E-state index is 13.2. The fourth-order valence-electron chi connectivity index (χ4n) is 4.57. The molecule has 2 aliphatic heterocycles. The first kappa shape index (κ1) is 20.7. The summed E-state index contributed by atoms with van der Waals surface area (Å²) in [6, 6.07) is 0.253. The monoisotopic (exact) mass is 428 g/mol. The Bertz CT molecular complexity index is 891. The van der Waals surface area contributed by atoms with E-state index in [1.165, 1.54) is 11.3 Å². The first-order chi connectivity index (χ1) is 14.6. The highest BCUT2D eigenvalue weighted by atomic mass is 32.1. The molecule has 2 fully saturated rings. The van der Waals surface area contributed by atoms with Gasteiger partial charge in [0.1, 0.15) is 4.88 Å². The highest BCUT2D eigenvalue weighted by Gasteiger charge is 2.36. The van der Waals surface area contributed by atoms with Gasteiger partial charge >= 0.3 is 0 Å². The molecular weight excluding hydrogens is 400 g/mol. The van der Waals surface area contributed by atoms with Gasteiger partial charge < -0.3 is 15.1 Å². The van der Waals surface area contributed by atoms with Crippen molar-refractivity contribution in [2.24, 2.45) is 5.92 Å². The van der Waals surface area contributed by atoms with E-state index in [1.807, 2.05) is 11.8 Å².